The van der Waals surface area contributed by atoms with E-state index in [1.807, 2.05) is 0 Å². The number of halogens is 3. The van der Waals surface area contributed by atoms with Gasteiger partial charge in [0.1, 0.15) is 18.2 Å². The monoisotopic (exact) mass is 263 g/mol. The van der Waals surface area contributed by atoms with Gasteiger partial charge in [0.25, 0.3) is 0 Å². The maximum absolute atomic E-state index is 13.0. The van der Waals surface area contributed by atoms with Crippen molar-refractivity contribution in [2.24, 2.45) is 5.73 Å². The van der Waals surface area contributed by atoms with Crippen LogP contribution in [0.5, 0.6) is 5.75 Å². The summed E-state index contributed by atoms with van der Waals surface area (Å²) in [5.74, 6) is 0.262. The fourth-order valence-corrected chi connectivity index (χ4v) is 1.34. The molecule has 5 heteroatoms. The molecule has 0 radical (unpaired) electrons. The van der Waals surface area contributed by atoms with E-state index in [0.717, 1.165) is 5.56 Å². The molecule has 0 heterocycles. The molecule has 1 aromatic rings. The summed E-state index contributed by atoms with van der Waals surface area (Å²) in [5.41, 5.74) is 7.38. The first-order valence-corrected chi connectivity index (χ1v) is 5.55. The van der Waals surface area contributed by atoms with E-state index in [4.69, 9.17) is 33.7 Å². The average Bonchev–Trinajstić information content (AvgIpc) is 2.28. The number of nitrogens with two attached hydrogens (primary N) is 1. The summed E-state index contributed by atoms with van der Waals surface area (Å²) >= 11 is 11.1. The summed E-state index contributed by atoms with van der Waals surface area (Å²) in [6.45, 7) is 0.590. The first-order valence-electron chi connectivity index (χ1n) is 4.73. The Morgan fingerprint density at radius 3 is 2.88 bits per heavy atom. The van der Waals surface area contributed by atoms with Crippen LogP contribution in [-0.2, 0) is 6.42 Å². The van der Waals surface area contributed by atoms with Crippen LogP contribution in [0, 0.1) is 5.82 Å². The smallest absolute Gasteiger partial charge is 0.125 e. The molecule has 0 bridgehead atoms. The Labute approximate surface area is 104 Å². The van der Waals surface area contributed by atoms with Gasteiger partial charge in [0, 0.05) is 5.54 Å². The van der Waals surface area contributed by atoms with Crippen LogP contribution in [0.15, 0.2) is 28.8 Å². The van der Waals surface area contributed by atoms with E-state index in [2.05, 4.69) is 0 Å². The number of ether oxygens (including phenoxy) is 1. The van der Waals surface area contributed by atoms with Gasteiger partial charge >= 0.3 is 0 Å². The van der Waals surface area contributed by atoms with Crippen LogP contribution >= 0.6 is 23.2 Å². The molecular weight excluding hydrogens is 252 g/mol. The molecule has 1 rings (SSSR count). The van der Waals surface area contributed by atoms with Gasteiger partial charge in [-0.3, -0.25) is 0 Å². The van der Waals surface area contributed by atoms with Crippen LogP contribution < -0.4 is 10.5 Å². The Morgan fingerprint density at radius 1 is 1.50 bits per heavy atom. The summed E-state index contributed by atoms with van der Waals surface area (Å²) < 4.78 is 18.4. The van der Waals surface area contributed by atoms with Gasteiger partial charge in [0.2, 0.25) is 0 Å². The molecule has 0 amide bonds. The average molecular weight is 264 g/mol. The summed E-state index contributed by atoms with van der Waals surface area (Å²) in [6, 6.07) is 4.28. The molecule has 0 aliphatic rings. The molecule has 16 heavy (non-hydrogen) atoms. The second-order valence-corrected chi connectivity index (χ2v) is 3.84. The van der Waals surface area contributed by atoms with Crippen molar-refractivity contribution in [3.8, 4) is 5.75 Å². The summed E-state index contributed by atoms with van der Waals surface area (Å²) in [6.07, 6.45) is 0.551. The second-order valence-electron chi connectivity index (χ2n) is 3.14. The molecule has 0 aliphatic carbocycles. The SMILES string of the molecule is NCCc1cc(F)ccc1OC/C(Cl)=C/Cl. The predicted molar refractivity (Wildman–Crippen MR) is 64.4 cm³/mol. The van der Waals surface area contributed by atoms with Gasteiger partial charge in [-0.1, -0.05) is 23.2 Å². The minimum absolute atomic E-state index is 0.161. The Balaban J connectivity index is 2.77. The van der Waals surface area contributed by atoms with Crippen LogP contribution in [0.25, 0.3) is 0 Å². The van der Waals surface area contributed by atoms with Gasteiger partial charge in [-0.05, 0) is 36.7 Å². The van der Waals surface area contributed by atoms with Crippen molar-refractivity contribution >= 4 is 23.2 Å². The number of benzene rings is 1. The molecule has 0 unspecified atom stereocenters. The van der Waals surface area contributed by atoms with Gasteiger partial charge in [-0.15, -0.1) is 0 Å². The molecule has 2 N–H and O–H groups in total. The van der Waals surface area contributed by atoms with Gasteiger partial charge < -0.3 is 10.5 Å². The standard InChI is InChI=1S/C11H12Cl2FNO/c12-6-9(13)7-16-11-2-1-10(14)5-8(11)3-4-15/h1-2,5-6H,3-4,7,15H2/b9-6-. The van der Waals surface area contributed by atoms with Crippen molar-refractivity contribution in [3.63, 3.8) is 0 Å². The zero-order valence-electron chi connectivity index (χ0n) is 8.55. The highest BCUT2D eigenvalue weighted by atomic mass is 35.5. The molecule has 88 valence electrons. The summed E-state index contributed by atoms with van der Waals surface area (Å²) in [7, 11) is 0. The summed E-state index contributed by atoms with van der Waals surface area (Å²) in [5, 5.41) is 0.379. The fraction of sp³-hybridized carbons (Fsp3) is 0.273. The van der Waals surface area contributed by atoms with E-state index in [-0.39, 0.29) is 12.4 Å². The van der Waals surface area contributed by atoms with Crippen LogP contribution in [0.4, 0.5) is 4.39 Å². The first kappa shape index (κ1) is 13.3. The number of hydrogen-bond donors (Lipinski definition) is 1. The third-order valence-corrected chi connectivity index (χ3v) is 2.51. The topological polar surface area (TPSA) is 35.2 Å². The molecule has 0 spiro atoms. The Hall–Kier alpha value is -0.770. The molecule has 0 atom stereocenters. The highest BCUT2D eigenvalue weighted by Crippen LogP contribution is 2.21. The van der Waals surface area contributed by atoms with Gasteiger partial charge in [-0.25, -0.2) is 4.39 Å². The molecule has 0 aliphatic heterocycles. The van der Waals surface area contributed by atoms with E-state index < -0.39 is 0 Å². The highest BCUT2D eigenvalue weighted by molar-refractivity contribution is 6.36. The van der Waals surface area contributed by atoms with Gasteiger partial charge in [-0.2, -0.15) is 0 Å². The lowest BCUT2D eigenvalue weighted by atomic mass is 10.1. The van der Waals surface area contributed by atoms with Crippen LogP contribution in [-0.4, -0.2) is 13.2 Å². The lowest BCUT2D eigenvalue weighted by molar-refractivity contribution is 0.354. The quantitative estimate of drug-likeness (QED) is 0.887. The summed E-state index contributed by atoms with van der Waals surface area (Å²) in [4.78, 5) is 0. The van der Waals surface area contributed by atoms with Crippen molar-refractivity contribution in [1.29, 1.82) is 0 Å². The molecule has 2 nitrogen and oxygen atoms in total. The lowest BCUT2D eigenvalue weighted by Crippen LogP contribution is -2.06. The fourth-order valence-electron chi connectivity index (χ4n) is 1.22. The third-order valence-electron chi connectivity index (χ3n) is 1.92. The molecular formula is C11H12Cl2FNO. The molecule has 0 saturated carbocycles. The molecule has 0 saturated heterocycles. The Bertz CT molecular complexity index is 382. The number of hydrogen-bond acceptors (Lipinski definition) is 2. The van der Waals surface area contributed by atoms with Crippen LogP contribution in [0.3, 0.4) is 0 Å². The largest absolute Gasteiger partial charge is 0.488 e. The van der Waals surface area contributed by atoms with Crippen molar-refractivity contribution in [2.75, 3.05) is 13.2 Å². The van der Waals surface area contributed by atoms with Gasteiger partial charge in [0.15, 0.2) is 0 Å². The highest BCUT2D eigenvalue weighted by Gasteiger charge is 2.05. The first-order chi connectivity index (χ1) is 7.67. The zero-order chi connectivity index (χ0) is 12.0. The Kier molecular flexibility index (Phi) is 5.60. The molecule has 1 aromatic carbocycles. The second kappa shape index (κ2) is 6.74. The van der Waals surface area contributed by atoms with E-state index in [1.165, 1.54) is 17.7 Å². The maximum Gasteiger partial charge on any atom is 0.125 e. The third kappa shape index (κ3) is 4.00. The molecule has 0 fully saturated rings. The van der Waals surface area contributed by atoms with Crippen molar-refractivity contribution in [1.82, 2.24) is 0 Å². The van der Waals surface area contributed by atoms with Crippen LogP contribution in [0.1, 0.15) is 5.56 Å². The van der Waals surface area contributed by atoms with Crippen molar-refractivity contribution in [2.45, 2.75) is 6.42 Å². The minimum Gasteiger partial charge on any atom is -0.488 e. The van der Waals surface area contributed by atoms with Crippen molar-refractivity contribution in [3.05, 3.63) is 40.1 Å². The normalized spacial score (nSPS) is 11.6. The maximum atomic E-state index is 13.0. The molecule has 0 aromatic heterocycles. The Morgan fingerprint density at radius 2 is 2.25 bits per heavy atom. The van der Waals surface area contributed by atoms with Crippen molar-refractivity contribution < 1.29 is 9.13 Å². The lowest BCUT2D eigenvalue weighted by Gasteiger charge is -2.10. The van der Waals surface area contributed by atoms with E-state index in [0.29, 0.717) is 23.7 Å². The minimum atomic E-state index is -0.310. The van der Waals surface area contributed by atoms with E-state index >= 15 is 0 Å². The van der Waals surface area contributed by atoms with E-state index in [9.17, 15) is 4.39 Å². The predicted octanol–water partition coefficient (Wildman–Crippen LogP) is 3.02. The number of rotatable bonds is 5. The zero-order valence-corrected chi connectivity index (χ0v) is 10.1. The van der Waals surface area contributed by atoms with Crippen LogP contribution in [0.2, 0.25) is 0 Å². The van der Waals surface area contributed by atoms with Gasteiger partial charge in [0.05, 0.1) is 5.03 Å². The van der Waals surface area contributed by atoms with E-state index in [1.54, 1.807) is 6.07 Å².